The van der Waals surface area contributed by atoms with Crippen LogP contribution in [0.2, 0.25) is 10.0 Å². The Hall–Kier alpha value is -1.71. The molecule has 0 saturated heterocycles. The van der Waals surface area contributed by atoms with E-state index in [4.69, 9.17) is 23.2 Å². The lowest BCUT2D eigenvalue weighted by Crippen LogP contribution is -2.30. The van der Waals surface area contributed by atoms with Crippen molar-refractivity contribution < 1.29 is 4.79 Å². The third-order valence-electron chi connectivity index (χ3n) is 3.20. The Kier molecular flexibility index (Phi) is 6.56. The van der Waals surface area contributed by atoms with Crippen LogP contribution in [0.25, 0.3) is 0 Å². The van der Waals surface area contributed by atoms with Gasteiger partial charge < -0.3 is 10.6 Å². The van der Waals surface area contributed by atoms with Crippen molar-refractivity contribution in [1.82, 2.24) is 5.32 Å². The highest BCUT2D eigenvalue weighted by molar-refractivity contribution is 6.43. The van der Waals surface area contributed by atoms with Gasteiger partial charge in [0.2, 0.25) is 5.91 Å². The van der Waals surface area contributed by atoms with Crippen LogP contribution in [-0.2, 0) is 11.2 Å². The Morgan fingerprint density at radius 3 is 2.55 bits per heavy atom. The number of carbonyl (C=O) groups is 1. The Labute approximate surface area is 140 Å². The van der Waals surface area contributed by atoms with Gasteiger partial charge in [-0.05, 0) is 30.5 Å². The smallest absolute Gasteiger partial charge is 0.239 e. The Morgan fingerprint density at radius 1 is 1.00 bits per heavy atom. The number of carbonyl (C=O) groups excluding carboxylic acids is 1. The fourth-order valence-corrected chi connectivity index (χ4v) is 2.41. The van der Waals surface area contributed by atoms with Gasteiger partial charge in [-0.2, -0.15) is 0 Å². The molecule has 0 heterocycles. The fraction of sp³-hybridized carbons (Fsp3) is 0.235. The summed E-state index contributed by atoms with van der Waals surface area (Å²) in [4.78, 5) is 11.8. The van der Waals surface area contributed by atoms with Crippen molar-refractivity contribution in [3.8, 4) is 0 Å². The van der Waals surface area contributed by atoms with E-state index in [0.717, 1.165) is 12.8 Å². The molecule has 0 spiro atoms. The molecule has 1 amide bonds. The first-order valence-corrected chi connectivity index (χ1v) is 7.91. The summed E-state index contributed by atoms with van der Waals surface area (Å²) in [6.45, 7) is 0.823. The minimum Gasteiger partial charge on any atom is -0.375 e. The highest BCUT2D eigenvalue weighted by Crippen LogP contribution is 2.29. The Morgan fingerprint density at radius 2 is 1.77 bits per heavy atom. The summed E-state index contributed by atoms with van der Waals surface area (Å²) in [7, 11) is 0. The molecule has 0 radical (unpaired) electrons. The van der Waals surface area contributed by atoms with Crippen LogP contribution in [0.4, 0.5) is 5.69 Å². The Balaban J connectivity index is 1.67. The first-order chi connectivity index (χ1) is 10.7. The molecule has 5 heteroatoms. The van der Waals surface area contributed by atoms with E-state index in [9.17, 15) is 4.79 Å². The topological polar surface area (TPSA) is 41.1 Å². The van der Waals surface area contributed by atoms with Crippen LogP contribution in [0.5, 0.6) is 0 Å². The molecule has 2 N–H and O–H groups in total. The molecule has 116 valence electrons. The maximum absolute atomic E-state index is 11.8. The van der Waals surface area contributed by atoms with Crippen molar-refractivity contribution >= 4 is 34.8 Å². The molecule has 2 rings (SSSR count). The average Bonchev–Trinajstić information content (AvgIpc) is 2.54. The van der Waals surface area contributed by atoms with Crippen molar-refractivity contribution in [2.45, 2.75) is 12.8 Å². The van der Waals surface area contributed by atoms with Crippen molar-refractivity contribution in [3.05, 3.63) is 64.1 Å². The highest BCUT2D eigenvalue weighted by atomic mass is 35.5. The SMILES string of the molecule is O=C(CNc1cccc(Cl)c1Cl)NCCCc1ccccc1. The number of aryl methyl sites for hydroxylation is 1. The van der Waals surface area contributed by atoms with Gasteiger partial charge in [-0.15, -0.1) is 0 Å². The summed E-state index contributed by atoms with van der Waals surface area (Å²) in [5, 5.41) is 6.76. The van der Waals surface area contributed by atoms with Crippen molar-refractivity contribution in [2.24, 2.45) is 0 Å². The van der Waals surface area contributed by atoms with Gasteiger partial charge >= 0.3 is 0 Å². The second-order valence-electron chi connectivity index (χ2n) is 4.89. The first kappa shape index (κ1) is 16.7. The minimum atomic E-state index is -0.0656. The Bertz CT molecular complexity index is 617. The number of rotatable bonds is 7. The summed E-state index contributed by atoms with van der Waals surface area (Å²) < 4.78 is 0. The number of halogens is 2. The lowest BCUT2D eigenvalue weighted by Gasteiger charge is -2.10. The molecular weight excluding hydrogens is 319 g/mol. The second kappa shape index (κ2) is 8.66. The van der Waals surface area contributed by atoms with Gasteiger partial charge in [-0.3, -0.25) is 4.79 Å². The van der Waals surface area contributed by atoms with Crippen LogP contribution in [0.3, 0.4) is 0 Å². The monoisotopic (exact) mass is 336 g/mol. The molecule has 0 fully saturated rings. The molecule has 0 aliphatic rings. The van der Waals surface area contributed by atoms with E-state index >= 15 is 0 Å². The molecule has 0 aliphatic heterocycles. The average molecular weight is 337 g/mol. The van der Waals surface area contributed by atoms with E-state index < -0.39 is 0 Å². The highest BCUT2D eigenvalue weighted by Gasteiger charge is 2.06. The molecule has 0 atom stereocenters. The number of hydrogen-bond donors (Lipinski definition) is 2. The third kappa shape index (κ3) is 5.24. The van der Waals surface area contributed by atoms with Gasteiger partial charge in [0.05, 0.1) is 22.3 Å². The van der Waals surface area contributed by atoms with Gasteiger partial charge in [0.25, 0.3) is 0 Å². The quantitative estimate of drug-likeness (QED) is 0.745. The maximum Gasteiger partial charge on any atom is 0.239 e. The van der Waals surface area contributed by atoms with E-state index in [2.05, 4.69) is 22.8 Å². The largest absolute Gasteiger partial charge is 0.375 e. The summed E-state index contributed by atoms with van der Waals surface area (Å²) in [6, 6.07) is 15.5. The predicted octanol–water partition coefficient (Wildman–Crippen LogP) is 4.15. The van der Waals surface area contributed by atoms with E-state index in [1.54, 1.807) is 18.2 Å². The molecule has 0 bridgehead atoms. The van der Waals surface area contributed by atoms with Gasteiger partial charge in [0.15, 0.2) is 0 Å². The van der Waals surface area contributed by atoms with E-state index in [-0.39, 0.29) is 12.5 Å². The van der Waals surface area contributed by atoms with Crippen LogP contribution < -0.4 is 10.6 Å². The van der Waals surface area contributed by atoms with Crippen molar-refractivity contribution in [2.75, 3.05) is 18.4 Å². The van der Waals surface area contributed by atoms with Crippen LogP contribution >= 0.6 is 23.2 Å². The molecule has 0 aromatic heterocycles. The number of amides is 1. The van der Waals surface area contributed by atoms with Crippen LogP contribution in [-0.4, -0.2) is 19.0 Å². The zero-order valence-electron chi connectivity index (χ0n) is 12.1. The standard InChI is InChI=1S/C17H18Cl2N2O/c18-14-9-4-10-15(17(14)19)21-12-16(22)20-11-5-8-13-6-2-1-3-7-13/h1-4,6-7,9-10,21H,5,8,11-12H2,(H,20,22). The van der Waals surface area contributed by atoms with E-state index in [1.165, 1.54) is 5.56 Å². The van der Waals surface area contributed by atoms with E-state index in [1.807, 2.05) is 18.2 Å². The molecule has 2 aromatic carbocycles. The molecule has 0 saturated carbocycles. The van der Waals surface area contributed by atoms with Crippen molar-refractivity contribution in [1.29, 1.82) is 0 Å². The number of nitrogens with one attached hydrogen (secondary N) is 2. The minimum absolute atomic E-state index is 0.0656. The normalized spacial score (nSPS) is 10.3. The number of hydrogen-bond acceptors (Lipinski definition) is 2. The molecule has 0 unspecified atom stereocenters. The second-order valence-corrected chi connectivity index (χ2v) is 5.68. The third-order valence-corrected chi connectivity index (χ3v) is 4.02. The lowest BCUT2D eigenvalue weighted by atomic mass is 10.1. The zero-order chi connectivity index (χ0) is 15.8. The van der Waals surface area contributed by atoms with Gasteiger partial charge in [0.1, 0.15) is 0 Å². The fourth-order valence-electron chi connectivity index (χ4n) is 2.04. The first-order valence-electron chi connectivity index (χ1n) is 7.15. The van der Waals surface area contributed by atoms with Gasteiger partial charge in [-0.1, -0.05) is 59.6 Å². The maximum atomic E-state index is 11.8. The summed E-state index contributed by atoms with van der Waals surface area (Å²) in [6.07, 6.45) is 1.86. The van der Waals surface area contributed by atoms with Crippen LogP contribution in [0.1, 0.15) is 12.0 Å². The van der Waals surface area contributed by atoms with Gasteiger partial charge in [0, 0.05) is 6.54 Å². The molecule has 22 heavy (non-hydrogen) atoms. The summed E-state index contributed by atoms with van der Waals surface area (Å²) >= 11 is 12.0. The summed E-state index contributed by atoms with van der Waals surface area (Å²) in [5.74, 6) is -0.0656. The molecule has 0 aliphatic carbocycles. The molecule has 3 nitrogen and oxygen atoms in total. The van der Waals surface area contributed by atoms with Crippen LogP contribution in [0, 0.1) is 0 Å². The number of benzene rings is 2. The number of anilines is 1. The molecule has 2 aromatic rings. The zero-order valence-corrected chi connectivity index (χ0v) is 13.6. The van der Waals surface area contributed by atoms with Crippen LogP contribution in [0.15, 0.2) is 48.5 Å². The van der Waals surface area contributed by atoms with Gasteiger partial charge in [-0.25, -0.2) is 0 Å². The lowest BCUT2D eigenvalue weighted by molar-refractivity contribution is -0.119. The summed E-state index contributed by atoms with van der Waals surface area (Å²) in [5.41, 5.74) is 1.94. The molecular formula is C17H18Cl2N2O. The van der Waals surface area contributed by atoms with Crippen molar-refractivity contribution in [3.63, 3.8) is 0 Å². The predicted molar refractivity (Wildman–Crippen MR) is 92.7 cm³/mol. The van der Waals surface area contributed by atoms with E-state index in [0.29, 0.717) is 22.3 Å².